The quantitative estimate of drug-likeness (QED) is 0.808. The van der Waals surface area contributed by atoms with E-state index in [2.05, 4.69) is 31.9 Å². The van der Waals surface area contributed by atoms with Gasteiger partial charge in [-0.2, -0.15) is 4.31 Å². The maximum absolute atomic E-state index is 12.6. The number of nitrogens with zero attached hydrogens (tertiary/aromatic N) is 1. The number of aliphatic hydroxyl groups excluding tert-OH is 1. The van der Waals surface area contributed by atoms with Crippen molar-refractivity contribution in [1.29, 1.82) is 0 Å². The highest BCUT2D eigenvalue weighted by atomic mass is 79.9. The van der Waals surface area contributed by atoms with E-state index in [0.717, 1.165) is 4.47 Å². The molecule has 0 spiro atoms. The van der Waals surface area contributed by atoms with Gasteiger partial charge in [0.05, 0.1) is 11.0 Å². The minimum atomic E-state index is -3.49. The van der Waals surface area contributed by atoms with E-state index in [1.807, 2.05) is 0 Å². The first-order valence-electron chi connectivity index (χ1n) is 6.45. The third kappa shape index (κ3) is 3.44. The van der Waals surface area contributed by atoms with Crippen LogP contribution in [0.4, 0.5) is 0 Å². The summed E-state index contributed by atoms with van der Waals surface area (Å²) in [6, 6.07) is 5.13. The first kappa shape index (κ1) is 16.4. The SMILES string of the molecule is CC(O)C1CCN(S(=O)(=O)c2cc(Br)ccc2Br)CC1. The van der Waals surface area contributed by atoms with E-state index in [1.165, 1.54) is 4.31 Å². The molecule has 1 heterocycles. The normalized spacial score (nSPS) is 20.0. The Morgan fingerprint density at radius 2 is 1.90 bits per heavy atom. The summed E-state index contributed by atoms with van der Waals surface area (Å²) in [5, 5.41) is 9.58. The third-order valence-corrected chi connectivity index (χ3v) is 7.08. The summed E-state index contributed by atoms with van der Waals surface area (Å²) in [7, 11) is -3.49. The van der Waals surface area contributed by atoms with Crippen LogP contribution in [-0.4, -0.2) is 37.0 Å². The molecule has 1 N–H and O–H groups in total. The smallest absolute Gasteiger partial charge is 0.244 e. The molecule has 1 fully saturated rings. The zero-order valence-electron chi connectivity index (χ0n) is 11.1. The summed E-state index contributed by atoms with van der Waals surface area (Å²) in [5.74, 6) is 0.187. The van der Waals surface area contributed by atoms with Crippen molar-refractivity contribution in [2.24, 2.45) is 5.92 Å². The standard InChI is InChI=1S/C13H17Br2NO3S/c1-9(17)10-4-6-16(7-5-10)20(18,19)13-8-11(14)2-3-12(13)15/h2-3,8-10,17H,4-7H2,1H3. The molecule has 0 bridgehead atoms. The highest BCUT2D eigenvalue weighted by Crippen LogP contribution is 2.31. The maximum Gasteiger partial charge on any atom is 0.244 e. The summed E-state index contributed by atoms with van der Waals surface area (Å²) in [6.07, 6.45) is 1.02. The highest BCUT2D eigenvalue weighted by molar-refractivity contribution is 9.11. The zero-order chi connectivity index (χ0) is 14.9. The summed E-state index contributed by atoms with van der Waals surface area (Å²) in [6.45, 7) is 2.67. The van der Waals surface area contributed by atoms with Crippen molar-refractivity contribution >= 4 is 41.9 Å². The van der Waals surface area contributed by atoms with Gasteiger partial charge in [-0.15, -0.1) is 0 Å². The van der Waals surface area contributed by atoms with Crippen LogP contribution in [0.25, 0.3) is 0 Å². The molecule has 1 saturated heterocycles. The molecule has 1 aromatic rings. The minimum Gasteiger partial charge on any atom is -0.393 e. The lowest BCUT2D eigenvalue weighted by Crippen LogP contribution is -2.40. The Hall–Kier alpha value is 0.0500. The van der Waals surface area contributed by atoms with Crippen molar-refractivity contribution < 1.29 is 13.5 Å². The van der Waals surface area contributed by atoms with E-state index in [1.54, 1.807) is 25.1 Å². The molecule has 7 heteroatoms. The van der Waals surface area contributed by atoms with Crippen molar-refractivity contribution in [2.45, 2.75) is 30.8 Å². The molecule has 0 saturated carbocycles. The number of benzene rings is 1. The van der Waals surface area contributed by atoms with E-state index in [9.17, 15) is 13.5 Å². The number of halogens is 2. The lowest BCUT2D eigenvalue weighted by Gasteiger charge is -2.32. The average molecular weight is 427 g/mol. The lowest BCUT2D eigenvalue weighted by molar-refractivity contribution is 0.0912. The summed E-state index contributed by atoms with van der Waals surface area (Å²) in [4.78, 5) is 0.280. The Balaban J connectivity index is 2.22. The molecule has 0 amide bonds. The third-order valence-electron chi connectivity index (χ3n) is 3.69. The Kier molecular flexibility index (Phi) is 5.29. The molecule has 1 unspecified atom stereocenters. The van der Waals surface area contributed by atoms with E-state index < -0.39 is 10.0 Å². The van der Waals surface area contributed by atoms with E-state index in [4.69, 9.17) is 0 Å². The van der Waals surface area contributed by atoms with Crippen molar-refractivity contribution in [3.05, 3.63) is 27.1 Å². The van der Waals surface area contributed by atoms with Gasteiger partial charge in [-0.1, -0.05) is 15.9 Å². The van der Waals surface area contributed by atoms with Crippen LogP contribution >= 0.6 is 31.9 Å². The van der Waals surface area contributed by atoms with Gasteiger partial charge in [0, 0.05) is 22.0 Å². The number of sulfonamides is 1. The van der Waals surface area contributed by atoms with E-state index >= 15 is 0 Å². The largest absolute Gasteiger partial charge is 0.393 e. The molecule has 1 atom stereocenters. The molecule has 0 aliphatic carbocycles. The summed E-state index contributed by atoms with van der Waals surface area (Å²) >= 11 is 6.61. The highest BCUT2D eigenvalue weighted by Gasteiger charge is 2.32. The first-order chi connectivity index (χ1) is 9.32. The predicted octanol–water partition coefficient (Wildman–Crippen LogP) is 2.99. The van der Waals surface area contributed by atoms with Crippen molar-refractivity contribution in [3.63, 3.8) is 0 Å². The molecule has 1 aliphatic heterocycles. The van der Waals surface area contributed by atoms with Crippen LogP contribution in [0.2, 0.25) is 0 Å². The Morgan fingerprint density at radius 3 is 2.45 bits per heavy atom. The molecule has 0 radical (unpaired) electrons. The van der Waals surface area contributed by atoms with Crippen molar-refractivity contribution in [2.75, 3.05) is 13.1 Å². The van der Waals surface area contributed by atoms with E-state index in [-0.39, 0.29) is 16.9 Å². The van der Waals surface area contributed by atoms with Gasteiger partial charge in [0.15, 0.2) is 0 Å². The van der Waals surface area contributed by atoms with Gasteiger partial charge in [0.25, 0.3) is 0 Å². The fraction of sp³-hybridized carbons (Fsp3) is 0.538. The van der Waals surface area contributed by atoms with Gasteiger partial charge >= 0.3 is 0 Å². The van der Waals surface area contributed by atoms with Crippen LogP contribution in [-0.2, 0) is 10.0 Å². The molecule has 2 rings (SSSR count). The summed E-state index contributed by atoms with van der Waals surface area (Å²) in [5.41, 5.74) is 0. The van der Waals surface area contributed by atoms with Crippen LogP contribution in [0.15, 0.2) is 32.0 Å². The molecule has 4 nitrogen and oxygen atoms in total. The zero-order valence-corrected chi connectivity index (χ0v) is 15.1. The van der Waals surface area contributed by atoms with Crippen LogP contribution in [0.3, 0.4) is 0 Å². The van der Waals surface area contributed by atoms with Gasteiger partial charge in [0.1, 0.15) is 0 Å². The minimum absolute atomic E-state index is 0.187. The fourth-order valence-electron chi connectivity index (χ4n) is 2.41. The molecule has 20 heavy (non-hydrogen) atoms. The number of hydrogen-bond acceptors (Lipinski definition) is 3. The second-order valence-corrected chi connectivity index (χ2v) is 8.73. The van der Waals surface area contributed by atoms with Gasteiger partial charge in [-0.25, -0.2) is 8.42 Å². The number of rotatable bonds is 3. The van der Waals surface area contributed by atoms with Gasteiger partial charge in [0.2, 0.25) is 10.0 Å². The van der Waals surface area contributed by atoms with Crippen LogP contribution < -0.4 is 0 Å². The maximum atomic E-state index is 12.6. The average Bonchev–Trinajstić information content (AvgIpc) is 2.41. The molecular formula is C13H17Br2NO3S. The Labute approximate surface area is 136 Å². The number of hydrogen-bond donors (Lipinski definition) is 1. The molecular weight excluding hydrogens is 410 g/mol. The van der Waals surface area contributed by atoms with E-state index in [0.29, 0.717) is 30.4 Å². The predicted molar refractivity (Wildman–Crippen MR) is 85.0 cm³/mol. The fourth-order valence-corrected chi connectivity index (χ4v) is 5.35. The molecule has 1 aromatic carbocycles. The molecule has 112 valence electrons. The number of piperidine rings is 1. The topological polar surface area (TPSA) is 57.6 Å². The van der Waals surface area contributed by atoms with Gasteiger partial charge in [-0.3, -0.25) is 0 Å². The van der Waals surface area contributed by atoms with Crippen LogP contribution in [0, 0.1) is 5.92 Å². The monoisotopic (exact) mass is 425 g/mol. The molecule has 0 aromatic heterocycles. The first-order valence-corrected chi connectivity index (χ1v) is 9.48. The van der Waals surface area contributed by atoms with Crippen LogP contribution in [0.1, 0.15) is 19.8 Å². The van der Waals surface area contributed by atoms with Gasteiger partial charge in [-0.05, 0) is 59.8 Å². The van der Waals surface area contributed by atoms with Gasteiger partial charge < -0.3 is 5.11 Å². The Morgan fingerprint density at radius 1 is 1.30 bits per heavy atom. The lowest BCUT2D eigenvalue weighted by atomic mass is 9.93. The summed E-state index contributed by atoms with van der Waals surface area (Å²) < 4.78 is 28.1. The number of aliphatic hydroxyl groups is 1. The molecule has 1 aliphatic rings. The second-order valence-electron chi connectivity index (χ2n) is 5.06. The van der Waals surface area contributed by atoms with Crippen molar-refractivity contribution in [1.82, 2.24) is 4.31 Å². The Bertz CT molecular complexity index is 581. The van der Waals surface area contributed by atoms with Crippen molar-refractivity contribution in [3.8, 4) is 0 Å². The second kappa shape index (κ2) is 6.44. The van der Waals surface area contributed by atoms with Crippen LogP contribution in [0.5, 0.6) is 0 Å².